The van der Waals surface area contributed by atoms with Gasteiger partial charge in [0.1, 0.15) is 6.10 Å². The Morgan fingerprint density at radius 3 is 2.48 bits per heavy atom. The number of piperidine rings is 1. The van der Waals surface area contributed by atoms with Gasteiger partial charge in [-0.2, -0.15) is 0 Å². The van der Waals surface area contributed by atoms with Crippen LogP contribution in [0.2, 0.25) is 0 Å². The van der Waals surface area contributed by atoms with Crippen molar-refractivity contribution in [3.63, 3.8) is 0 Å². The Morgan fingerprint density at radius 2 is 1.84 bits per heavy atom. The molecule has 2 heterocycles. The molecule has 2 saturated heterocycles. The fourth-order valence-electron chi connectivity index (χ4n) is 3.42. The minimum atomic E-state index is -0.395. The highest BCUT2D eigenvalue weighted by Crippen LogP contribution is 2.19. The molecule has 0 aliphatic carbocycles. The van der Waals surface area contributed by atoms with Crippen LogP contribution in [0.25, 0.3) is 0 Å². The van der Waals surface area contributed by atoms with E-state index in [2.05, 4.69) is 5.32 Å². The molecule has 3 N–H and O–H groups in total. The largest absolute Gasteiger partial charge is 0.364 e. The van der Waals surface area contributed by atoms with Gasteiger partial charge in [0.25, 0.3) is 5.91 Å². The number of rotatable bonds is 5. The van der Waals surface area contributed by atoms with Crippen LogP contribution in [-0.2, 0) is 16.1 Å². The second-order valence-corrected chi connectivity index (χ2v) is 6.83. The van der Waals surface area contributed by atoms with Gasteiger partial charge in [0.2, 0.25) is 5.91 Å². The lowest BCUT2D eigenvalue weighted by atomic mass is 10.1. The standard InChI is InChI=1S/C19H27N3O3/c20-12-16-8-9-17(25-16)18(23)21-13-14-4-6-15(7-5-14)19(24)22-10-2-1-3-11-22/h4-7,16-17H,1-3,8-13,20H2,(H,21,23)/t16-,17+/m1/s1. The van der Waals surface area contributed by atoms with Crippen LogP contribution < -0.4 is 11.1 Å². The lowest BCUT2D eigenvalue weighted by Gasteiger charge is -2.26. The Labute approximate surface area is 148 Å². The van der Waals surface area contributed by atoms with Crippen molar-refractivity contribution < 1.29 is 14.3 Å². The fraction of sp³-hybridized carbons (Fsp3) is 0.579. The highest BCUT2D eigenvalue weighted by molar-refractivity contribution is 5.94. The van der Waals surface area contributed by atoms with Crippen LogP contribution in [0.4, 0.5) is 0 Å². The van der Waals surface area contributed by atoms with Gasteiger partial charge < -0.3 is 20.7 Å². The number of hydrogen-bond donors (Lipinski definition) is 2. The van der Waals surface area contributed by atoms with E-state index in [0.29, 0.717) is 18.7 Å². The number of hydrogen-bond acceptors (Lipinski definition) is 4. The zero-order chi connectivity index (χ0) is 17.6. The average Bonchev–Trinajstić information content (AvgIpc) is 3.16. The van der Waals surface area contributed by atoms with Crippen LogP contribution in [0.15, 0.2) is 24.3 Å². The van der Waals surface area contributed by atoms with Gasteiger partial charge in [-0.1, -0.05) is 12.1 Å². The highest BCUT2D eigenvalue weighted by atomic mass is 16.5. The second-order valence-electron chi connectivity index (χ2n) is 6.83. The molecule has 2 amide bonds. The van der Waals surface area contributed by atoms with Crippen LogP contribution in [0.3, 0.4) is 0 Å². The predicted octanol–water partition coefficient (Wildman–Crippen LogP) is 1.44. The quantitative estimate of drug-likeness (QED) is 0.846. The summed E-state index contributed by atoms with van der Waals surface area (Å²) < 4.78 is 5.59. The van der Waals surface area contributed by atoms with E-state index in [-0.39, 0.29) is 17.9 Å². The molecule has 1 aromatic carbocycles. The number of amides is 2. The normalized spacial score (nSPS) is 23.5. The van der Waals surface area contributed by atoms with E-state index < -0.39 is 6.10 Å². The minimum absolute atomic E-state index is 0.00386. The van der Waals surface area contributed by atoms with Gasteiger partial charge in [-0.25, -0.2) is 0 Å². The molecule has 1 aromatic rings. The van der Waals surface area contributed by atoms with Gasteiger partial charge in [-0.05, 0) is 49.8 Å². The van der Waals surface area contributed by atoms with Crippen molar-refractivity contribution >= 4 is 11.8 Å². The van der Waals surface area contributed by atoms with Crippen LogP contribution >= 0.6 is 0 Å². The lowest BCUT2D eigenvalue weighted by Crippen LogP contribution is -2.35. The molecule has 0 radical (unpaired) electrons. The third-order valence-corrected chi connectivity index (χ3v) is 4.97. The van der Waals surface area contributed by atoms with Crippen molar-refractivity contribution in [3.05, 3.63) is 35.4 Å². The molecule has 2 fully saturated rings. The summed E-state index contributed by atoms with van der Waals surface area (Å²) in [7, 11) is 0. The first-order valence-corrected chi connectivity index (χ1v) is 9.19. The first-order chi connectivity index (χ1) is 12.2. The molecule has 2 atom stereocenters. The van der Waals surface area contributed by atoms with Crippen molar-refractivity contribution in [2.24, 2.45) is 5.73 Å². The van der Waals surface area contributed by atoms with Crippen molar-refractivity contribution in [3.8, 4) is 0 Å². The van der Waals surface area contributed by atoms with Crippen LogP contribution in [-0.4, -0.2) is 48.6 Å². The van der Waals surface area contributed by atoms with E-state index in [4.69, 9.17) is 10.5 Å². The van der Waals surface area contributed by atoms with E-state index in [1.165, 1.54) is 6.42 Å². The molecular weight excluding hydrogens is 318 g/mol. The van der Waals surface area contributed by atoms with E-state index in [0.717, 1.165) is 44.3 Å². The average molecular weight is 345 g/mol. The Bertz CT molecular complexity index is 596. The monoisotopic (exact) mass is 345 g/mol. The molecule has 136 valence electrons. The summed E-state index contributed by atoms with van der Waals surface area (Å²) in [6.45, 7) is 2.59. The maximum absolute atomic E-state index is 12.4. The Hall–Kier alpha value is -1.92. The van der Waals surface area contributed by atoms with Gasteiger partial charge in [0.15, 0.2) is 0 Å². The molecule has 6 nitrogen and oxygen atoms in total. The molecule has 0 spiro atoms. The van der Waals surface area contributed by atoms with Crippen molar-refractivity contribution in [2.45, 2.75) is 50.9 Å². The maximum atomic E-state index is 12.4. The maximum Gasteiger partial charge on any atom is 0.253 e. The third-order valence-electron chi connectivity index (χ3n) is 4.97. The molecule has 0 bridgehead atoms. The number of nitrogens with one attached hydrogen (secondary N) is 1. The Balaban J connectivity index is 1.49. The second kappa shape index (κ2) is 8.45. The number of carbonyl (C=O) groups excluding carboxylic acids is 2. The number of ether oxygens (including phenoxy) is 1. The summed E-state index contributed by atoms with van der Waals surface area (Å²) >= 11 is 0. The summed E-state index contributed by atoms with van der Waals surface area (Å²) in [6.07, 6.45) is 4.54. The molecule has 0 aromatic heterocycles. The Kier molecular flexibility index (Phi) is 6.04. The molecule has 2 aliphatic heterocycles. The van der Waals surface area contributed by atoms with Gasteiger partial charge >= 0.3 is 0 Å². The molecule has 0 unspecified atom stereocenters. The predicted molar refractivity (Wildman–Crippen MR) is 95.0 cm³/mol. The number of carbonyl (C=O) groups is 2. The summed E-state index contributed by atoms with van der Waals surface area (Å²) in [5.41, 5.74) is 7.25. The van der Waals surface area contributed by atoms with E-state index in [1.807, 2.05) is 29.2 Å². The third kappa shape index (κ3) is 4.58. The van der Waals surface area contributed by atoms with Crippen LogP contribution in [0.1, 0.15) is 48.0 Å². The SMILES string of the molecule is NC[C@H]1CC[C@@H](C(=O)NCc2ccc(C(=O)N3CCCCC3)cc2)O1. The topological polar surface area (TPSA) is 84.7 Å². The zero-order valence-corrected chi connectivity index (χ0v) is 14.6. The van der Waals surface area contributed by atoms with E-state index in [1.54, 1.807) is 0 Å². The number of nitrogens with zero attached hydrogens (tertiary/aromatic N) is 1. The van der Waals surface area contributed by atoms with Gasteiger partial charge in [0.05, 0.1) is 6.10 Å². The van der Waals surface area contributed by atoms with Gasteiger partial charge in [0, 0.05) is 31.7 Å². The molecule has 6 heteroatoms. The number of likely N-dealkylation sites (tertiary alicyclic amines) is 1. The number of benzene rings is 1. The number of nitrogens with two attached hydrogens (primary N) is 1. The van der Waals surface area contributed by atoms with E-state index >= 15 is 0 Å². The fourth-order valence-corrected chi connectivity index (χ4v) is 3.42. The molecule has 25 heavy (non-hydrogen) atoms. The van der Waals surface area contributed by atoms with Crippen molar-refractivity contribution in [1.29, 1.82) is 0 Å². The van der Waals surface area contributed by atoms with Gasteiger partial charge in [-0.15, -0.1) is 0 Å². The molecule has 3 rings (SSSR count). The first-order valence-electron chi connectivity index (χ1n) is 9.19. The van der Waals surface area contributed by atoms with Crippen molar-refractivity contribution in [1.82, 2.24) is 10.2 Å². The molecule has 0 saturated carbocycles. The summed E-state index contributed by atoms with van der Waals surface area (Å²) in [5, 5.41) is 2.90. The Morgan fingerprint density at radius 1 is 1.12 bits per heavy atom. The highest BCUT2D eigenvalue weighted by Gasteiger charge is 2.29. The first kappa shape index (κ1) is 17.9. The smallest absolute Gasteiger partial charge is 0.253 e. The molecular formula is C19H27N3O3. The summed E-state index contributed by atoms with van der Waals surface area (Å²) in [6, 6.07) is 7.48. The summed E-state index contributed by atoms with van der Waals surface area (Å²) in [5.74, 6) is 0.00638. The van der Waals surface area contributed by atoms with Crippen LogP contribution in [0.5, 0.6) is 0 Å². The summed E-state index contributed by atoms with van der Waals surface area (Å²) in [4.78, 5) is 26.5. The van der Waals surface area contributed by atoms with Crippen LogP contribution in [0, 0.1) is 0 Å². The molecule has 2 aliphatic rings. The van der Waals surface area contributed by atoms with E-state index in [9.17, 15) is 9.59 Å². The lowest BCUT2D eigenvalue weighted by molar-refractivity contribution is -0.132. The minimum Gasteiger partial charge on any atom is -0.364 e. The zero-order valence-electron chi connectivity index (χ0n) is 14.6. The van der Waals surface area contributed by atoms with Gasteiger partial charge in [-0.3, -0.25) is 9.59 Å². The van der Waals surface area contributed by atoms with Crippen molar-refractivity contribution in [2.75, 3.05) is 19.6 Å².